The van der Waals surface area contributed by atoms with Crippen molar-refractivity contribution in [1.29, 1.82) is 0 Å². The first kappa shape index (κ1) is 23.0. The van der Waals surface area contributed by atoms with Crippen molar-refractivity contribution in [2.75, 3.05) is 0 Å². The number of hydrogen-bond acceptors (Lipinski definition) is 0. The van der Waals surface area contributed by atoms with Gasteiger partial charge in [-0.15, -0.1) is 0 Å². The van der Waals surface area contributed by atoms with Gasteiger partial charge in [-0.1, -0.05) is 138 Å². The fourth-order valence-electron chi connectivity index (χ4n) is 4.62. The van der Waals surface area contributed by atoms with Crippen molar-refractivity contribution in [2.24, 2.45) is 0 Å². The van der Waals surface area contributed by atoms with E-state index in [9.17, 15) is 0 Å². The second-order valence-corrected chi connectivity index (χ2v) is 8.71. The highest BCUT2D eigenvalue weighted by molar-refractivity contribution is 5.66. The molecule has 0 spiro atoms. The molecule has 0 N–H and O–H groups in total. The Morgan fingerprint density at radius 3 is 1.93 bits per heavy atom. The van der Waals surface area contributed by atoms with Crippen LogP contribution < -0.4 is 0 Å². The first-order valence-electron chi connectivity index (χ1n) is 12.3. The monoisotopic (exact) mass is 380 g/mol. The summed E-state index contributed by atoms with van der Waals surface area (Å²) in [6.07, 6.45) is 28.1. The first-order valence-corrected chi connectivity index (χ1v) is 12.3. The molecule has 0 radical (unpaired) electrons. The molecule has 0 saturated heterocycles. The molecule has 0 saturated carbocycles. The number of unbranched alkanes of at least 4 members (excludes halogenated alkanes) is 12. The van der Waals surface area contributed by atoms with Crippen LogP contribution in [0.25, 0.3) is 6.08 Å². The lowest BCUT2D eigenvalue weighted by molar-refractivity contribution is 0.529. The molecule has 0 nitrogen and oxygen atoms in total. The zero-order chi connectivity index (χ0) is 19.9. The van der Waals surface area contributed by atoms with Crippen molar-refractivity contribution >= 4 is 6.08 Å². The maximum atomic E-state index is 2.45. The molecular weight excluding hydrogens is 336 g/mol. The molecule has 1 aliphatic carbocycles. The van der Waals surface area contributed by atoms with Gasteiger partial charge in [0.1, 0.15) is 0 Å². The minimum absolute atomic E-state index is 0.667. The second-order valence-electron chi connectivity index (χ2n) is 8.71. The second kappa shape index (κ2) is 14.7. The fourth-order valence-corrected chi connectivity index (χ4v) is 4.62. The molecule has 0 amide bonds. The van der Waals surface area contributed by atoms with Gasteiger partial charge in [0.2, 0.25) is 0 Å². The predicted molar refractivity (Wildman–Crippen MR) is 127 cm³/mol. The Kier molecular flexibility index (Phi) is 12.0. The predicted octanol–water partition coefficient (Wildman–Crippen LogP) is 9.61. The number of fused-ring (bicyclic) bond motifs is 1. The highest BCUT2D eigenvalue weighted by atomic mass is 14.3. The van der Waals surface area contributed by atoms with E-state index >= 15 is 0 Å². The Bertz CT molecular complexity index is 577. The van der Waals surface area contributed by atoms with Gasteiger partial charge in [0.05, 0.1) is 0 Å². The van der Waals surface area contributed by atoms with E-state index < -0.39 is 0 Å². The molecule has 1 aromatic rings. The molecule has 1 unspecified atom stereocenters. The first-order chi connectivity index (χ1) is 13.9. The van der Waals surface area contributed by atoms with Gasteiger partial charge >= 0.3 is 0 Å². The van der Waals surface area contributed by atoms with E-state index in [-0.39, 0.29) is 0 Å². The van der Waals surface area contributed by atoms with Gasteiger partial charge in [-0.3, -0.25) is 0 Å². The zero-order valence-corrected chi connectivity index (χ0v) is 18.7. The Hall–Kier alpha value is -1.30. The molecule has 1 aromatic carbocycles. The standard InChI is InChI=1S/C28H44/c1-3-5-7-8-9-10-11-12-13-14-15-16-17-22-27-25(20-6-4-2)24-26-21-18-19-23-28(26)27/h4,6,18-19,21,23-24,27H,3,5,7-17,20,22H2,1-2H3/b6-4+. The Labute approximate surface area is 175 Å². The van der Waals surface area contributed by atoms with E-state index in [0.29, 0.717) is 5.92 Å². The van der Waals surface area contributed by atoms with E-state index in [0.717, 1.165) is 6.42 Å². The molecule has 28 heavy (non-hydrogen) atoms. The van der Waals surface area contributed by atoms with Crippen LogP contribution >= 0.6 is 0 Å². The molecule has 2 rings (SSSR count). The van der Waals surface area contributed by atoms with Gasteiger partial charge in [-0.2, -0.15) is 0 Å². The number of benzene rings is 1. The van der Waals surface area contributed by atoms with Gasteiger partial charge in [0.15, 0.2) is 0 Å². The number of hydrogen-bond donors (Lipinski definition) is 0. The summed E-state index contributed by atoms with van der Waals surface area (Å²) in [5, 5.41) is 0. The maximum Gasteiger partial charge on any atom is 0.00605 e. The quantitative estimate of drug-likeness (QED) is 0.198. The molecule has 0 aliphatic heterocycles. The molecular formula is C28H44. The van der Waals surface area contributed by atoms with Crippen LogP contribution in [-0.4, -0.2) is 0 Å². The lowest BCUT2D eigenvalue weighted by atomic mass is 9.88. The lowest BCUT2D eigenvalue weighted by Crippen LogP contribution is -1.99. The van der Waals surface area contributed by atoms with E-state index in [1.54, 1.807) is 11.1 Å². The van der Waals surface area contributed by atoms with Crippen LogP contribution in [0.2, 0.25) is 0 Å². The maximum absolute atomic E-state index is 2.45. The Morgan fingerprint density at radius 1 is 0.750 bits per heavy atom. The van der Waals surface area contributed by atoms with Crippen molar-refractivity contribution in [3.8, 4) is 0 Å². The third kappa shape index (κ3) is 8.38. The van der Waals surface area contributed by atoms with Crippen LogP contribution in [0.15, 0.2) is 42.0 Å². The number of allylic oxidation sites excluding steroid dienone is 3. The minimum atomic E-state index is 0.667. The van der Waals surface area contributed by atoms with Crippen LogP contribution in [0.3, 0.4) is 0 Å². The van der Waals surface area contributed by atoms with Gasteiger partial charge in [0.25, 0.3) is 0 Å². The zero-order valence-electron chi connectivity index (χ0n) is 18.7. The third-order valence-corrected chi connectivity index (χ3v) is 6.35. The van der Waals surface area contributed by atoms with Crippen LogP contribution in [0.4, 0.5) is 0 Å². The van der Waals surface area contributed by atoms with Crippen LogP contribution in [0, 0.1) is 0 Å². The van der Waals surface area contributed by atoms with Crippen LogP contribution in [0.1, 0.15) is 127 Å². The highest BCUT2D eigenvalue weighted by Gasteiger charge is 2.23. The summed E-state index contributed by atoms with van der Waals surface area (Å²) in [7, 11) is 0. The minimum Gasteiger partial charge on any atom is -0.0913 e. The molecule has 0 aromatic heterocycles. The fraction of sp³-hybridized carbons (Fsp3) is 0.643. The number of rotatable bonds is 16. The third-order valence-electron chi connectivity index (χ3n) is 6.35. The van der Waals surface area contributed by atoms with Gasteiger partial charge < -0.3 is 0 Å². The van der Waals surface area contributed by atoms with Crippen LogP contribution in [0.5, 0.6) is 0 Å². The molecule has 0 bridgehead atoms. The van der Waals surface area contributed by atoms with Gasteiger partial charge in [0, 0.05) is 5.92 Å². The smallest absolute Gasteiger partial charge is 0.00605 e. The van der Waals surface area contributed by atoms with Gasteiger partial charge in [-0.05, 0) is 30.9 Å². The Morgan fingerprint density at radius 2 is 1.32 bits per heavy atom. The summed E-state index contributed by atoms with van der Waals surface area (Å²) in [4.78, 5) is 0. The SMILES string of the molecule is C/C=C/CC1=Cc2ccccc2C1CCCCCCCCCCCCCCC. The summed E-state index contributed by atoms with van der Waals surface area (Å²) in [5.74, 6) is 0.667. The van der Waals surface area contributed by atoms with Crippen molar-refractivity contribution in [2.45, 2.75) is 116 Å². The van der Waals surface area contributed by atoms with E-state index in [4.69, 9.17) is 0 Å². The van der Waals surface area contributed by atoms with E-state index in [2.05, 4.69) is 56.3 Å². The Balaban J connectivity index is 1.53. The molecule has 1 atom stereocenters. The van der Waals surface area contributed by atoms with E-state index in [1.165, 1.54) is 95.5 Å². The topological polar surface area (TPSA) is 0 Å². The molecule has 1 aliphatic rings. The van der Waals surface area contributed by atoms with Crippen molar-refractivity contribution in [1.82, 2.24) is 0 Å². The largest absolute Gasteiger partial charge is 0.0913 e. The normalized spacial score (nSPS) is 15.9. The molecule has 0 fully saturated rings. The lowest BCUT2D eigenvalue weighted by Gasteiger charge is -2.16. The summed E-state index contributed by atoms with van der Waals surface area (Å²) >= 11 is 0. The summed E-state index contributed by atoms with van der Waals surface area (Å²) in [6, 6.07) is 9.02. The van der Waals surface area contributed by atoms with Crippen molar-refractivity contribution in [3.05, 3.63) is 53.1 Å². The molecule has 156 valence electrons. The summed E-state index contributed by atoms with van der Waals surface area (Å²) in [6.45, 7) is 4.43. The van der Waals surface area contributed by atoms with Crippen molar-refractivity contribution in [3.63, 3.8) is 0 Å². The highest BCUT2D eigenvalue weighted by Crippen LogP contribution is 2.41. The average molecular weight is 381 g/mol. The van der Waals surface area contributed by atoms with E-state index in [1.807, 2.05) is 0 Å². The average Bonchev–Trinajstić information content (AvgIpc) is 3.07. The summed E-state index contributed by atoms with van der Waals surface area (Å²) < 4.78 is 0. The van der Waals surface area contributed by atoms with Gasteiger partial charge in [-0.25, -0.2) is 0 Å². The van der Waals surface area contributed by atoms with Crippen molar-refractivity contribution < 1.29 is 0 Å². The molecule has 0 heteroatoms. The van der Waals surface area contributed by atoms with Crippen LogP contribution in [-0.2, 0) is 0 Å². The summed E-state index contributed by atoms with van der Waals surface area (Å²) in [5.41, 5.74) is 4.65. The molecule has 0 heterocycles.